The molecule has 7 heteroatoms. The van der Waals surface area contributed by atoms with Crippen LogP contribution in [-0.2, 0) is 0 Å². The van der Waals surface area contributed by atoms with Crippen LogP contribution >= 0.6 is 55.7 Å². The molecule has 0 bridgehead atoms. The molecule has 0 aliphatic rings. The topological polar surface area (TPSA) is 0 Å². The fraction of sp³-hybridized carbons (Fsp3) is 0.333. The summed E-state index contributed by atoms with van der Waals surface area (Å²) in [4.78, 5) is 0. The molecule has 1 aromatic rings. The molecule has 0 radical (unpaired) electrons. The molecule has 0 aromatic carbocycles. The summed E-state index contributed by atoms with van der Waals surface area (Å²) in [6, 6.07) is 3.87. The van der Waals surface area contributed by atoms with Gasteiger partial charge >= 0.3 is 0 Å². The fourth-order valence-electron chi connectivity index (χ4n) is 0.810. The highest BCUT2D eigenvalue weighted by atomic mass is 35.7. The van der Waals surface area contributed by atoms with Crippen LogP contribution < -0.4 is 9.00 Å². The van der Waals surface area contributed by atoms with Gasteiger partial charge in [-0.05, 0) is 25.2 Å². The van der Waals surface area contributed by atoms with Crippen molar-refractivity contribution in [2.75, 3.05) is 0 Å². The van der Waals surface area contributed by atoms with Gasteiger partial charge in [-0.2, -0.15) is 0 Å². The second kappa shape index (κ2) is 4.04. The molecule has 0 fully saturated rings. The first-order chi connectivity index (χ1) is 5.71. The van der Waals surface area contributed by atoms with Gasteiger partial charge in [0.2, 0.25) is 0 Å². The predicted octanol–water partition coefficient (Wildman–Crippen LogP) is 3.26. The van der Waals surface area contributed by atoms with E-state index in [-0.39, 0.29) is 0 Å². The van der Waals surface area contributed by atoms with Gasteiger partial charge in [-0.1, -0.05) is 0 Å². The Morgan fingerprint density at radius 2 is 1.23 bits per heavy atom. The maximum absolute atomic E-state index is 6.07. The van der Waals surface area contributed by atoms with Gasteiger partial charge < -0.3 is 0 Å². The number of halogens is 4. The van der Waals surface area contributed by atoms with Crippen LogP contribution in [-0.4, -0.2) is 13.4 Å². The van der Waals surface area contributed by atoms with E-state index in [2.05, 4.69) is 0 Å². The molecule has 0 saturated carbocycles. The standard InChI is InChI=1S/C6H8Cl4SSi2/c1-12(7,8)5-3-4-6(11-5)13(2,9)10/h3-4H,1-2H3. The van der Waals surface area contributed by atoms with E-state index in [1.165, 1.54) is 0 Å². The van der Waals surface area contributed by atoms with Crippen molar-refractivity contribution in [1.29, 1.82) is 0 Å². The van der Waals surface area contributed by atoms with Gasteiger partial charge in [-0.15, -0.1) is 55.7 Å². The van der Waals surface area contributed by atoms with E-state index >= 15 is 0 Å². The summed E-state index contributed by atoms with van der Waals surface area (Å²) in [6.07, 6.45) is 0. The molecule has 0 aliphatic heterocycles. The third-order valence-electron chi connectivity index (χ3n) is 1.47. The Balaban J connectivity index is 3.01. The van der Waals surface area contributed by atoms with Gasteiger partial charge in [-0.25, -0.2) is 0 Å². The van der Waals surface area contributed by atoms with Crippen LogP contribution in [0.25, 0.3) is 0 Å². The summed E-state index contributed by atoms with van der Waals surface area (Å²) in [5.41, 5.74) is 0. The van der Waals surface area contributed by atoms with Gasteiger partial charge in [0.25, 0.3) is 13.4 Å². The fourth-order valence-corrected chi connectivity index (χ4v) is 6.62. The van der Waals surface area contributed by atoms with Crippen molar-refractivity contribution in [1.82, 2.24) is 0 Å². The summed E-state index contributed by atoms with van der Waals surface area (Å²) in [5, 5.41) is 0. The van der Waals surface area contributed by atoms with E-state index in [1.54, 1.807) is 11.3 Å². The van der Waals surface area contributed by atoms with Crippen molar-refractivity contribution in [3.63, 3.8) is 0 Å². The molecule has 0 spiro atoms. The third kappa shape index (κ3) is 3.41. The Bertz CT molecular complexity index is 270. The average Bonchev–Trinajstić information content (AvgIpc) is 2.28. The van der Waals surface area contributed by atoms with Gasteiger partial charge in [0.1, 0.15) is 0 Å². The van der Waals surface area contributed by atoms with E-state index < -0.39 is 13.4 Å². The van der Waals surface area contributed by atoms with E-state index in [9.17, 15) is 0 Å². The van der Waals surface area contributed by atoms with E-state index in [0.29, 0.717) is 0 Å². The second-order valence-electron chi connectivity index (χ2n) is 2.94. The molecule has 13 heavy (non-hydrogen) atoms. The highest BCUT2D eigenvalue weighted by molar-refractivity contribution is 7.62. The molecule has 1 heterocycles. The lowest BCUT2D eigenvalue weighted by Crippen LogP contribution is -2.32. The number of rotatable bonds is 2. The Labute approximate surface area is 103 Å². The Morgan fingerprint density at radius 1 is 0.923 bits per heavy atom. The van der Waals surface area contributed by atoms with Gasteiger partial charge in [-0.3, -0.25) is 0 Å². The molecule has 74 valence electrons. The van der Waals surface area contributed by atoms with Gasteiger partial charge in [0.05, 0.1) is 0 Å². The van der Waals surface area contributed by atoms with Crippen LogP contribution in [0.4, 0.5) is 0 Å². The lowest BCUT2D eigenvalue weighted by atomic mass is 10.7. The van der Waals surface area contributed by atoms with Crippen LogP contribution in [0.2, 0.25) is 13.1 Å². The predicted molar refractivity (Wildman–Crippen MR) is 70.2 cm³/mol. The molecule has 1 aromatic heterocycles. The summed E-state index contributed by atoms with van der Waals surface area (Å²) in [5.74, 6) is 0. The normalized spacial score (nSPS) is 13.4. The Kier molecular flexibility index (Phi) is 3.84. The molecular formula is C6H8Cl4SSi2. The van der Waals surface area contributed by atoms with Crippen molar-refractivity contribution in [2.24, 2.45) is 0 Å². The highest BCUT2D eigenvalue weighted by Crippen LogP contribution is 2.20. The first kappa shape index (κ1) is 12.4. The number of thiophene rings is 1. The Hall–Kier alpha value is 1.29. The van der Waals surface area contributed by atoms with Crippen LogP contribution in [0.5, 0.6) is 0 Å². The quantitative estimate of drug-likeness (QED) is 0.581. The minimum atomic E-state index is -2.22. The summed E-state index contributed by atoms with van der Waals surface area (Å²) in [7, 11) is 0. The molecule has 0 atom stereocenters. The molecule has 0 N–H and O–H groups in total. The van der Waals surface area contributed by atoms with Crippen LogP contribution in [0, 0.1) is 0 Å². The number of hydrogen-bond donors (Lipinski definition) is 0. The Morgan fingerprint density at radius 3 is 1.38 bits per heavy atom. The minimum Gasteiger partial charge on any atom is -0.149 e. The first-order valence-electron chi connectivity index (χ1n) is 3.57. The lowest BCUT2D eigenvalue weighted by Gasteiger charge is -2.08. The van der Waals surface area contributed by atoms with Crippen molar-refractivity contribution in [3.05, 3.63) is 12.1 Å². The SMILES string of the molecule is C[Si](Cl)(Cl)c1ccc([Si](C)(Cl)Cl)s1. The monoisotopic (exact) mass is 308 g/mol. The zero-order valence-electron chi connectivity index (χ0n) is 7.07. The maximum atomic E-state index is 6.07. The summed E-state index contributed by atoms with van der Waals surface area (Å²) < 4.78 is 2.04. The lowest BCUT2D eigenvalue weighted by molar-refractivity contribution is 2.05. The molecule has 1 rings (SSSR count). The summed E-state index contributed by atoms with van der Waals surface area (Å²) in [6.45, 7) is -0.710. The molecular weight excluding hydrogens is 302 g/mol. The van der Waals surface area contributed by atoms with E-state index in [0.717, 1.165) is 9.00 Å². The molecule has 0 saturated heterocycles. The maximum Gasteiger partial charge on any atom is 0.287 e. The zero-order valence-corrected chi connectivity index (χ0v) is 12.9. The van der Waals surface area contributed by atoms with Gasteiger partial charge in [0.15, 0.2) is 0 Å². The van der Waals surface area contributed by atoms with Crippen molar-refractivity contribution in [3.8, 4) is 0 Å². The number of hydrogen-bond acceptors (Lipinski definition) is 1. The minimum absolute atomic E-state index is 1.02. The molecule has 0 amide bonds. The van der Waals surface area contributed by atoms with Crippen LogP contribution in [0.1, 0.15) is 0 Å². The smallest absolute Gasteiger partial charge is 0.149 e. The van der Waals surface area contributed by atoms with Crippen molar-refractivity contribution < 1.29 is 0 Å². The van der Waals surface area contributed by atoms with Gasteiger partial charge in [0, 0.05) is 9.00 Å². The van der Waals surface area contributed by atoms with E-state index in [1.807, 2.05) is 25.2 Å². The third-order valence-corrected chi connectivity index (χ3v) is 11.1. The van der Waals surface area contributed by atoms with Crippen molar-refractivity contribution in [2.45, 2.75) is 13.1 Å². The molecule has 0 aliphatic carbocycles. The van der Waals surface area contributed by atoms with Crippen LogP contribution in [0.15, 0.2) is 12.1 Å². The first-order valence-corrected chi connectivity index (χ1v) is 13.4. The highest BCUT2D eigenvalue weighted by Gasteiger charge is 2.31. The van der Waals surface area contributed by atoms with E-state index in [4.69, 9.17) is 44.3 Å². The average molecular weight is 310 g/mol. The van der Waals surface area contributed by atoms with Crippen molar-refractivity contribution >= 4 is 78.0 Å². The summed E-state index contributed by atoms with van der Waals surface area (Å²) >= 11 is 25.8. The zero-order chi connectivity index (χ0) is 10.3. The van der Waals surface area contributed by atoms with Crippen LogP contribution in [0.3, 0.4) is 0 Å². The second-order valence-corrected chi connectivity index (χ2v) is 19.6. The molecule has 0 unspecified atom stereocenters. The molecule has 0 nitrogen and oxygen atoms in total. The largest absolute Gasteiger partial charge is 0.287 e.